The number of aromatic nitrogens is 3. The zero-order chi connectivity index (χ0) is 17.2. The number of nitrogens with one attached hydrogen (secondary N) is 1. The van der Waals surface area contributed by atoms with E-state index in [0.717, 1.165) is 34.3 Å². The van der Waals surface area contributed by atoms with Crippen molar-refractivity contribution in [1.82, 2.24) is 15.2 Å². The molecule has 0 atom stereocenters. The molecule has 0 saturated carbocycles. The van der Waals surface area contributed by atoms with E-state index in [1.54, 1.807) is 11.8 Å². The first-order valence-corrected chi connectivity index (χ1v) is 9.35. The second kappa shape index (κ2) is 6.94. The summed E-state index contributed by atoms with van der Waals surface area (Å²) in [5.74, 6) is 1.40. The highest BCUT2D eigenvalue weighted by Crippen LogP contribution is 2.31. The summed E-state index contributed by atoms with van der Waals surface area (Å²) >= 11 is 7.66. The van der Waals surface area contributed by atoms with E-state index in [-0.39, 0.29) is 0 Å². The summed E-state index contributed by atoms with van der Waals surface area (Å²) in [5.41, 5.74) is 4.22. The SMILES string of the molecule is Cc1c(-c2nnc(SCCc3ccccc3)o2)[nH]c2ccc(Cl)cc12. The molecule has 4 aromatic rings. The van der Waals surface area contributed by atoms with Gasteiger partial charge in [0.1, 0.15) is 5.69 Å². The van der Waals surface area contributed by atoms with Crippen LogP contribution in [0.2, 0.25) is 5.02 Å². The Morgan fingerprint density at radius 2 is 1.96 bits per heavy atom. The minimum Gasteiger partial charge on any atom is -0.410 e. The lowest BCUT2D eigenvalue weighted by molar-refractivity contribution is 0.464. The first-order chi connectivity index (χ1) is 12.2. The van der Waals surface area contributed by atoms with Crippen LogP contribution < -0.4 is 0 Å². The molecule has 0 amide bonds. The van der Waals surface area contributed by atoms with Crippen LogP contribution in [-0.4, -0.2) is 20.9 Å². The van der Waals surface area contributed by atoms with Gasteiger partial charge in [0.25, 0.3) is 11.1 Å². The van der Waals surface area contributed by atoms with E-state index in [2.05, 4.69) is 39.4 Å². The summed E-state index contributed by atoms with van der Waals surface area (Å²) in [7, 11) is 0. The smallest absolute Gasteiger partial charge is 0.276 e. The highest BCUT2D eigenvalue weighted by atomic mass is 35.5. The number of benzene rings is 2. The van der Waals surface area contributed by atoms with Gasteiger partial charge in [-0.1, -0.05) is 53.7 Å². The third-order valence-electron chi connectivity index (χ3n) is 4.10. The second-order valence-corrected chi connectivity index (χ2v) is 7.25. The lowest BCUT2D eigenvalue weighted by atomic mass is 10.1. The first-order valence-electron chi connectivity index (χ1n) is 7.99. The van der Waals surface area contributed by atoms with Crippen LogP contribution in [-0.2, 0) is 6.42 Å². The lowest BCUT2D eigenvalue weighted by Gasteiger charge is -1.98. The van der Waals surface area contributed by atoms with Gasteiger partial charge in [-0.05, 0) is 42.7 Å². The van der Waals surface area contributed by atoms with Crippen molar-refractivity contribution in [1.29, 1.82) is 0 Å². The van der Waals surface area contributed by atoms with Crippen molar-refractivity contribution >= 4 is 34.3 Å². The van der Waals surface area contributed by atoms with Gasteiger partial charge >= 0.3 is 0 Å². The fourth-order valence-corrected chi connectivity index (χ4v) is 3.70. The minimum atomic E-state index is 0.507. The molecule has 0 saturated heterocycles. The Morgan fingerprint density at radius 1 is 1.12 bits per heavy atom. The van der Waals surface area contributed by atoms with Crippen LogP contribution in [0.3, 0.4) is 0 Å². The van der Waals surface area contributed by atoms with Crippen LogP contribution in [0, 0.1) is 6.92 Å². The molecule has 6 heteroatoms. The van der Waals surface area contributed by atoms with Crippen molar-refractivity contribution < 1.29 is 4.42 Å². The Labute approximate surface area is 154 Å². The summed E-state index contributed by atoms with van der Waals surface area (Å²) in [5, 5.41) is 10.7. The molecular formula is C19H16ClN3OS. The van der Waals surface area contributed by atoms with Crippen molar-refractivity contribution in [3.63, 3.8) is 0 Å². The standard InChI is InChI=1S/C19H16ClN3OS/c1-12-15-11-14(20)7-8-16(15)21-17(12)18-22-23-19(24-18)25-10-9-13-5-3-2-4-6-13/h2-8,11,21H,9-10H2,1H3. The van der Waals surface area contributed by atoms with E-state index in [4.69, 9.17) is 16.0 Å². The monoisotopic (exact) mass is 369 g/mol. The Balaban J connectivity index is 1.50. The Kier molecular flexibility index (Phi) is 4.51. The minimum absolute atomic E-state index is 0.507. The number of aromatic amines is 1. The molecule has 2 heterocycles. The molecule has 1 N–H and O–H groups in total. The summed E-state index contributed by atoms with van der Waals surface area (Å²) in [6.07, 6.45) is 0.965. The molecule has 4 rings (SSSR count). The average Bonchev–Trinajstić information content (AvgIpc) is 3.21. The van der Waals surface area contributed by atoms with Crippen molar-refractivity contribution in [3.05, 3.63) is 64.7 Å². The molecule has 0 aliphatic carbocycles. The maximum atomic E-state index is 6.09. The van der Waals surface area contributed by atoms with E-state index in [0.29, 0.717) is 16.1 Å². The third-order valence-corrected chi connectivity index (χ3v) is 5.15. The Hall–Kier alpha value is -2.24. The molecule has 0 aliphatic rings. The summed E-state index contributed by atoms with van der Waals surface area (Å²) in [6, 6.07) is 16.1. The number of thioether (sulfide) groups is 1. The zero-order valence-corrected chi connectivity index (χ0v) is 15.2. The lowest BCUT2D eigenvalue weighted by Crippen LogP contribution is -1.87. The van der Waals surface area contributed by atoms with E-state index in [9.17, 15) is 0 Å². The summed E-state index contributed by atoms with van der Waals surface area (Å²) in [6.45, 7) is 2.02. The molecule has 4 nitrogen and oxygen atoms in total. The van der Waals surface area contributed by atoms with Crippen molar-refractivity contribution in [2.75, 3.05) is 5.75 Å². The van der Waals surface area contributed by atoms with Gasteiger partial charge in [-0.2, -0.15) is 0 Å². The highest BCUT2D eigenvalue weighted by Gasteiger charge is 2.16. The van der Waals surface area contributed by atoms with Gasteiger partial charge in [0, 0.05) is 21.7 Å². The van der Waals surface area contributed by atoms with Gasteiger partial charge in [-0.25, -0.2) is 0 Å². The van der Waals surface area contributed by atoms with Gasteiger partial charge < -0.3 is 9.40 Å². The maximum Gasteiger partial charge on any atom is 0.276 e. The van der Waals surface area contributed by atoms with Crippen LogP contribution >= 0.6 is 23.4 Å². The van der Waals surface area contributed by atoms with Crippen LogP contribution in [0.1, 0.15) is 11.1 Å². The number of halogens is 1. The molecule has 0 aliphatic heterocycles. The first kappa shape index (κ1) is 16.2. The molecule has 2 aromatic heterocycles. The number of hydrogen-bond acceptors (Lipinski definition) is 4. The molecular weight excluding hydrogens is 354 g/mol. The predicted octanol–water partition coefficient (Wildman–Crippen LogP) is 5.51. The van der Waals surface area contributed by atoms with E-state index in [1.165, 1.54) is 5.56 Å². The van der Waals surface area contributed by atoms with Crippen LogP contribution in [0.5, 0.6) is 0 Å². The third kappa shape index (κ3) is 3.43. The fraction of sp³-hybridized carbons (Fsp3) is 0.158. The average molecular weight is 370 g/mol. The van der Waals surface area contributed by atoms with E-state index >= 15 is 0 Å². The molecule has 0 fully saturated rings. The van der Waals surface area contributed by atoms with Gasteiger partial charge in [0.2, 0.25) is 0 Å². The van der Waals surface area contributed by atoms with Gasteiger partial charge in [0.15, 0.2) is 0 Å². The maximum absolute atomic E-state index is 6.09. The van der Waals surface area contributed by atoms with Gasteiger partial charge in [-0.3, -0.25) is 0 Å². The molecule has 0 unspecified atom stereocenters. The topological polar surface area (TPSA) is 54.7 Å². The van der Waals surface area contributed by atoms with Crippen LogP contribution in [0.15, 0.2) is 58.2 Å². The summed E-state index contributed by atoms with van der Waals surface area (Å²) < 4.78 is 5.82. The number of aryl methyl sites for hydroxylation is 2. The molecule has 25 heavy (non-hydrogen) atoms. The normalized spacial score (nSPS) is 11.3. The molecule has 0 bridgehead atoms. The van der Waals surface area contributed by atoms with Gasteiger partial charge in [0.05, 0.1) is 0 Å². The number of H-pyrrole nitrogens is 1. The molecule has 0 spiro atoms. The molecule has 0 radical (unpaired) electrons. The Bertz CT molecular complexity index is 1010. The largest absolute Gasteiger partial charge is 0.410 e. The zero-order valence-electron chi connectivity index (χ0n) is 13.6. The van der Waals surface area contributed by atoms with Crippen molar-refractivity contribution in [3.8, 4) is 11.6 Å². The van der Waals surface area contributed by atoms with Crippen molar-refractivity contribution in [2.45, 2.75) is 18.6 Å². The van der Waals surface area contributed by atoms with E-state index < -0.39 is 0 Å². The van der Waals surface area contributed by atoms with Crippen LogP contribution in [0.4, 0.5) is 0 Å². The number of nitrogens with zero attached hydrogens (tertiary/aromatic N) is 2. The number of hydrogen-bond donors (Lipinski definition) is 1. The summed E-state index contributed by atoms with van der Waals surface area (Å²) in [4.78, 5) is 3.34. The second-order valence-electron chi connectivity index (χ2n) is 5.77. The van der Waals surface area contributed by atoms with Crippen LogP contribution in [0.25, 0.3) is 22.5 Å². The van der Waals surface area contributed by atoms with Gasteiger partial charge in [-0.15, -0.1) is 10.2 Å². The van der Waals surface area contributed by atoms with Crippen molar-refractivity contribution in [2.24, 2.45) is 0 Å². The highest BCUT2D eigenvalue weighted by molar-refractivity contribution is 7.99. The fourth-order valence-electron chi connectivity index (χ4n) is 2.78. The molecule has 126 valence electrons. The predicted molar refractivity (Wildman–Crippen MR) is 102 cm³/mol. The van der Waals surface area contributed by atoms with E-state index in [1.807, 2.05) is 31.2 Å². The number of fused-ring (bicyclic) bond motifs is 1. The number of rotatable bonds is 5. The molecule has 2 aromatic carbocycles. The Morgan fingerprint density at radius 3 is 2.80 bits per heavy atom. The quantitative estimate of drug-likeness (QED) is 0.471.